The summed E-state index contributed by atoms with van der Waals surface area (Å²) >= 11 is 0. The Bertz CT molecular complexity index is 1450. The van der Waals surface area contributed by atoms with E-state index in [1.54, 1.807) is 32.6 Å². The summed E-state index contributed by atoms with van der Waals surface area (Å²) in [6, 6.07) is -4.33. The summed E-state index contributed by atoms with van der Waals surface area (Å²) in [7, 11) is 0. The maximum absolute atomic E-state index is 14.6. The number of esters is 1. The Labute approximate surface area is 306 Å². The summed E-state index contributed by atoms with van der Waals surface area (Å²) in [6.45, 7) is 13.8. The van der Waals surface area contributed by atoms with Crippen LogP contribution in [-0.4, -0.2) is 98.5 Å². The molecule has 5 amide bonds. The molecule has 4 N–H and O–H groups in total. The van der Waals surface area contributed by atoms with Crippen molar-refractivity contribution in [3.63, 3.8) is 0 Å². The summed E-state index contributed by atoms with van der Waals surface area (Å²) < 4.78 is 5.18. The molecule has 7 unspecified atom stereocenters. The van der Waals surface area contributed by atoms with Crippen molar-refractivity contribution in [1.29, 1.82) is 0 Å². The van der Waals surface area contributed by atoms with Crippen LogP contribution in [0.3, 0.4) is 0 Å². The van der Waals surface area contributed by atoms with Crippen molar-refractivity contribution in [2.45, 2.75) is 143 Å². The fraction of sp³-hybridized carbons (Fsp3) is 0.703. The van der Waals surface area contributed by atoms with Crippen molar-refractivity contribution in [2.75, 3.05) is 6.54 Å². The Morgan fingerprint density at radius 2 is 1.62 bits per heavy atom. The number of fused-ring (bicyclic) bond motifs is 1. The van der Waals surface area contributed by atoms with Crippen LogP contribution in [0.5, 0.6) is 0 Å². The van der Waals surface area contributed by atoms with E-state index in [1.165, 1.54) is 18.6 Å². The highest BCUT2D eigenvalue weighted by molar-refractivity contribution is 6.38. The van der Waals surface area contributed by atoms with Crippen LogP contribution in [0, 0.1) is 17.8 Å². The molecular formula is C37H57N7O8. The smallest absolute Gasteiger partial charge is 0.325 e. The van der Waals surface area contributed by atoms with Crippen LogP contribution >= 0.6 is 0 Å². The SMILES string of the molecule is CCC(NC(=O)C1CC2CCCCC2N1C(=O)C(NC(=O)C(CC(C)C)NC(=O)c1cnccn1)C(C)CC)C(=O)C(=O)NCC(=O)OC(C)(C)C. The Kier molecular flexibility index (Phi) is 15.2. The van der Waals surface area contributed by atoms with E-state index in [9.17, 15) is 33.6 Å². The lowest BCUT2D eigenvalue weighted by Gasteiger charge is -2.38. The molecule has 3 rings (SSSR count). The second kappa shape index (κ2) is 18.9. The van der Waals surface area contributed by atoms with Gasteiger partial charge in [0.05, 0.1) is 12.2 Å². The molecule has 2 fully saturated rings. The van der Waals surface area contributed by atoms with E-state index >= 15 is 0 Å². The molecule has 0 aromatic carbocycles. The molecule has 1 aliphatic heterocycles. The third kappa shape index (κ3) is 11.5. The maximum Gasteiger partial charge on any atom is 0.325 e. The van der Waals surface area contributed by atoms with Gasteiger partial charge in [-0.15, -0.1) is 0 Å². The number of carbonyl (C=O) groups excluding carboxylic acids is 7. The molecule has 2 heterocycles. The molecule has 1 aliphatic carbocycles. The minimum atomic E-state index is -1.19. The van der Waals surface area contributed by atoms with Crippen LogP contribution in [0.25, 0.3) is 0 Å². The van der Waals surface area contributed by atoms with E-state index < -0.39 is 77.6 Å². The molecular weight excluding hydrogens is 670 g/mol. The van der Waals surface area contributed by atoms with E-state index in [2.05, 4.69) is 31.2 Å². The Morgan fingerprint density at radius 3 is 2.21 bits per heavy atom. The quantitative estimate of drug-likeness (QED) is 0.144. The zero-order valence-corrected chi connectivity index (χ0v) is 31.8. The zero-order valence-electron chi connectivity index (χ0n) is 31.8. The summed E-state index contributed by atoms with van der Waals surface area (Å²) in [5, 5.41) is 10.7. The van der Waals surface area contributed by atoms with E-state index in [1.807, 2.05) is 27.7 Å². The predicted octanol–water partition coefficient (Wildman–Crippen LogP) is 2.23. The molecule has 15 nitrogen and oxygen atoms in total. The number of amides is 5. The lowest BCUT2D eigenvalue weighted by atomic mass is 9.84. The summed E-state index contributed by atoms with van der Waals surface area (Å²) in [6.07, 6.45) is 8.79. The standard InChI is InChI=1S/C37H57N7O8/c1-9-22(5)30(43-32(47)25(17-21(3)4)42-33(48)26-19-38-15-16-39-26)36(51)44-27-14-12-11-13-23(27)18-28(44)34(49)41-24(10-2)31(46)35(50)40-20-29(45)52-37(6,7)8/h15-16,19,21-25,27-28,30H,9-14,17-18,20H2,1-8H3,(H,40,50)(H,41,49)(H,42,48)(H,43,47). The van der Waals surface area contributed by atoms with Gasteiger partial charge in [-0.2, -0.15) is 0 Å². The van der Waals surface area contributed by atoms with Crippen molar-refractivity contribution >= 4 is 41.3 Å². The average Bonchev–Trinajstić information content (AvgIpc) is 3.49. The summed E-state index contributed by atoms with van der Waals surface area (Å²) in [5.41, 5.74) is -0.717. The molecule has 1 saturated heterocycles. The molecule has 15 heteroatoms. The van der Waals surface area contributed by atoms with Crippen LogP contribution in [0.4, 0.5) is 0 Å². The fourth-order valence-electron chi connectivity index (χ4n) is 6.86. The highest BCUT2D eigenvalue weighted by Crippen LogP contribution is 2.40. The van der Waals surface area contributed by atoms with Gasteiger partial charge < -0.3 is 30.9 Å². The highest BCUT2D eigenvalue weighted by Gasteiger charge is 2.50. The first-order chi connectivity index (χ1) is 24.5. The van der Waals surface area contributed by atoms with E-state index in [-0.39, 0.29) is 35.9 Å². The van der Waals surface area contributed by atoms with Crippen molar-refractivity contribution in [1.82, 2.24) is 36.1 Å². The van der Waals surface area contributed by atoms with Crippen molar-refractivity contribution in [3.05, 3.63) is 24.3 Å². The number of nitrogens with one attached hydrogen (secondary N) is 4. The first-order valence-corrected chi connectivity index (χ1v) is 18.5. The van der Waals surface area contributed by atoms with Gasteiger partial charge in [-0.3, -0.25) is 38.5 Å². The van der Waals surface area contributed by atoms with Gasteiger partial charge in [-0.25, -0.2) is 4.98 Å². The van der Waals surface area contributed by atoms with E-state index in [0.29, 0.717) is 25.7 Å². The van der Waals surface area contributed by atoms with Crippen molar-refractivity contribution in [3.8, 4) is 0 Å². The largest absolute Gasteiger partial charge is 0.459 e. The zero-order chi connectivity index (χ0) is 38.7. The number of Topliss-reactive ketones (excluding diaryl/α,β-unsaturated/α-hetero) is 1. The molecule has 2 aliphatic rings. The molecule has 1 aromatic heterocycles. The topological polar surface area (TPSA) is 206 Å². The van der Waals surface area contributed by atoms with Gasteiger partial charge in [0.25, 0.3) is 11.8 Å². The minimum Gasteiger partial charge on any atom is -0.459 e. The van der Waals surface area contributed by atoms with Crippen molar-refractivity contribution in [2.24, 2.45) is 17.8 Å². The van der Waals surface area contributed by atoms with Gasteiger partial charge >= 0.3 is 5.97 Å². The number of nitrogens with zero attached hydrogens (tertiary/aromatic N) is 3. The first kappa shape index (κ1) is 42.0. The number of carbonyl (C=O) groups is 7. The Balaban J connectivity index is 1.82. The second-order valence-electron chi connectivity index (χ2n) is 15.3. The molecule has 0 spiro atoms. The average molecular weight is 728 g/mol. The number of ketones is 1. The molecule has 0 radical (unpaired) electrons. The van der Waals surface area contributed by atoms with E-state index in [4.69, 9.17) is 4.74 Å². The number of likely N-dealkylation sites (tertiary alicyclic amines) is 1. The lowest BCUT2D eigenvalue weighted by molar-refractivity contribution is -0.155. The Hall–Kier alpha value is -4.43. The Morgan fingerprint density at radius 1 is 0.923 bits per heavy atom. The number of aromatic nitrogens is 2. The number of hydrogen-bond donors (Lipinski definition) is 4. The van der Waals surface area contributed by atoms with Gasteiger partial charge in [-0.05, 0) is 70.6 Å². The lowest BCUT2D eigenvalue weighted by Crippen LogP contribution is -2.61. The maximum atomic E-state index is 14.6. The third-order valence-electron chi connectivity index (χ3n) is 9.63. The molecule has 288 valence electrons. The van der Waals surface area contributed by atoms with Crippen LogP contribution in [0.1, 0.15) is 117 Å². The summed E-state index contributed by atoms with van der Waals surface area (Å²) in [4.78, 5) is 103. The monoisotopic (exact) mass is 727 g/mol. The minimum absolute atomic E-state index is 0.0268. The first-order valence-electron chi connectivity index (χ1n) is 18.5. The highest BCUT2D eigenvalue weighted by atomic mass is 16.6. The van der Waals surface area contributed by atoms with Gasteiger partial charge in [0, 0.05) is 18.4 Å². The fourth-order valence-corrected chi connectivity index (χ4v) is 6.86. The van der Waals surface area contributed by atoms with Crippen molar-refractivity contribution < 1.29 is 38.3 Å². The third-order valence-corrected chi connectivity index (χ3v) is 9.63. The number of ether oxygens (including phenoxy) is 1. The van der Waals surface area contributed by atoms with Crippen LogP contribution in [0.2, 0.25) is 0 Å². The van der Waals surface area contributed by atoms with Gasteiger partial charge in [0.1, 0.15) is 36.0 Å². The number of hydrogen-bond acceptors (Lipinski definition) is 10. The van der Waals surface area contributed by atoms with Gasteiger partial charge in [-0.1, -0.05) is 53.9 Å². The van der Waals surface area contributed by atoms with Crippen LogP contribution < -0.4 is 21.3 Å². The predicted molar refractivity (Wildman–Crippen MR) is 191 cm³/mol. The van der Waals surface area contributed by atoms with Crippen LogP contribution in [-0.2, 0) is 33.5 Å². The van der Waals surface area contributed by atoms with Gasteiger partial charge in [0.15, 0.2) is 0 Å². The second-order valence-corrected chi connectivity index (χ2v) is 15.3. The molecule has 7 atom stereocenters. The summed E-state index contributed by atoms with van der Waals surface area (Å²) in [5.74, 6) is -4.98. The molecule has 52 heavy (non-hydrogen) atoms. The molecule has 1 saturated carbocycles. The number of rotatable bonds is 16. The van der Waals surface area contributed by atoms with Crippen LogP contribution in [0.15, 0.2) is 18.6 Å². The van der Waals surface area contributed by atoms with Gasteiger partial charge in [0.2, 0.25) is 23.5 Å². The van der Waals surface area contributed by atoms with E-state index in [0.717, 1.165) is 19.3 Å². The molecule has 1 aromatic rings. The normalized spacial score (nSPS) is 20.8. The molecule has 0 bridgehead atoms.